The summed E-state index contributed by atoms with van der Waals surface area (Å²) in [4.78, 5) is 11.4. The van der Waals surface area contributed by atoms with Crippen LogP contribution < -0.4 is 0 Å². The third-order valence-electron chi connectivity index (χ3n) is 2.09. The Morgan fingerprint density at radius 3 is 2.36 bits per heavy atom. The third-order valence-corrected chi connectivity index (χ3v) is 2.09. The summed E-state index contributed by atoms with van der Waals surface area (Å²) in [5.74, 6) is 0.208. The molecule has 0 radical (unpaired) electrons. The minimum Gasteiger partial charge on any atom is -0.298 e. The lowest BCUT2D eigenvalue weighted by Gasteiger charge is -2.09. The maximum atomic E-state index is 11.4. The summed E-state index contributed by atoms with van der Waals surface area (Å²) in [5, 5.41) is 8.67. The van der Waals surface area contributed by atoms with Crippen LogP contribution in [0.1, 0.15) is 26.7 Å². The van der Waals surface area contributed by atoms with Crippen LogP contribution in [0.15, 0.2) is 0 Å². The standard InChI is InChI=1S/C9H13NO/c1-6(2)8(5-10)9(11)7-3-4-7/h6-8H,3-4H2,1-2H3. The Kier molecular flexibility index (Phi) is 2.28. The summed E-state index contributed by atoms with van der Waals surface area (Å²) in [6.07, 6.45) is 2.01. The SMILES string of the molecule is CC(C)C(C#N)C(=O)C1CC1. The van der Waals surface area contributed by atoms with Crippen molar-refractivity contribution in [3.63, 3.8) is 0 Å². The predicted molar refractivity (Wildman–Crippen MR) is 41.7 cm³/mol. The molecule has 1 atom stereocenters. The summed E-state index contributed by atoms with van der Waals surface area (Å²) in [7, 11) is 0. The van der Waals surface area contributed by atoms with E-state index in [9.17, 15) is 4.79 Å². The Labute approximate surface area is 67.2 Å². The molecule has 1 saturated carbocycles. The highest BCUT2D eigenvalue weighted by Gasteiger charge is 2.35. The Morgan fingerprint density at radius 2 is 2.09 bits per heavy atom. The molecule has 0 bridgehead atoms. The molecule has 11 heavy (non-hydrogen) atoms. The molecule has 2 nitrogen and oxygen atoms in total. The lowest BCUT2D eigenvalue weighted by Crippen LogP contribution is -2.19. The first kappa shape index (κ1) is 8.26. The van der Waals surface area contributed by atoms with Gasteiger partial charge in [0.15, 0.2) is 5.78 Å². The molecule has 1 rings (SSSR count). The van der Waals surface area contributed by atoms with Gasteiger partial charge >= 0.3 is 0 Å². The Morgan fingerprint density at radius 1 is 1.55 bits per heavy atom. The second-order valence-corrected chi connectivity index (χ2v) is 3.53. The first-order valence-electron chi connectivity index (χ1n) is 4.10. The maximum absolute atomic E-state index is 11.4. The molecular formula is C9H13NO. The van der Waals surface area contributed by atoms with Gasteiger partial charge in [0.2, 0.25) is 0 Å². The highest BCUT2D eigenvalue weighted by Crippen LogP contribution is 2.33. The number of carbonyl (C=O) groups is 1. The molecular weight excluding hydrogens is 138 g/mol. The van der Waals surface area contributed by atoms with Crippen molar-refractivity contribution in [1.29, 1.82) is 5.26 Å². The molecule has 0 aromatic rings. The number of ketones is 1. The normalized spacial score (nSPS) is 19.5. The lowest BCUT2D eigenvalue weighted by molar-refractivity contribution is -0.123. The number of hydrogen-bond donors (Lipinski definition) is 0. The lowest BCUT2D eigenvalue weighted by atomic mass is 9.91. The van der Waals surface area contributed by atoms with Gasteiger partial charge in [-0.2, -0.15) is 5.26 Å². The third kappa shape index (κ3) is 1.80. The largest absolute Gasteiger partial charge is 0.298 e. The van der Waals surface area contributed by atoms with Crippen molar-refractivity contribution in [2.24, 2.45) is 17.8 Å². The van der Waals surface area contributed by atoms with Gasteiger partial charge in [0.1, 0.15) is 5.92 Å². The molecule has 60 valence electrons. The molecule has 1 aliphatic carbocycles. The summed E-state index contributed by atoms with van der Waals surface area (Å²) in [6.45, 7) is 3.85. The molecule has 2 heteroatoms. The zero-order valence-electron chi connectivity index (χ0n) is 7.00. The number of carbonyl (C=O) groups excluding carboxylic acids is 1. The van der Waals surface area contributed by atoms with Crippen molar-refractivity contribution in [3.8, 4) is 6.07 Å². The number of rotatable bonds is 3. The molecule has 0 aromatic heterocycles. The van der Waals surface area contributed by atoms with Crippen molar-refractivity contribution in [2.45, 2.75) is 26.7 Å². The Balaban J connectivity index is 2.55. The van der Waals surface area contributed by atoms with Crippen LogP contribution >= 0.6 is 0 Å². The molecule has 0 aliphatic heterocycles. The van der Waals surface area contributed by atoms with E-state index in [1.165, 1.54) is 0 Å². The molecule has 0 spiro atoms. The number of nitrogens with zero attached hydrogens (tertiary/aromatic N) is 1. The predicted octanol–water partition coefficient (Wildman–Crippen LogP) is 1.76. The summed E-state index contributed by atoms with van der Waals surface area (Å²) in [5.41, 5.74) is 0. The molecule has 1 fully saturated rings. The van der Waals surface area contributed by atoms with Gasteiger partial charge in [-0.05, 0) is 18.8 Å². The first-order valence-corrected chi connectivity index (χ1v) is 4.10. The monoisotopic (exact) mass is 151 g/mol. The fraction of sp³-hybridized carbons (Fsp3) is 0.778. The summed E-state index contributed by atoms with van der Waals surface area (Å²) < 4.78 is 0. The van der Waals surface area contributed by atoms with Crippen molar-refractivity contribution < 1.29 is 4.79 Å². The molecule has 0 amide bonds. The van der Waals surface area contributed by atoms with E-state index in [1.54, 1.807) is 0 Å². The second-order valence-electron chi connectivity index (χ2n) is 3.53. The van der Waals surface area contributed by atoms with Crippen LogP contribution in [0.4, 0.5) is 0 Å². The molecule has 0 aromatic carbocycles. The zero-order valence-corrected chi connectivity index (χ0v) is 7.00. The van der Waals surface area contributed by atoms with Crippen molar-refractivity contribution >= 4 is 5.78 Å². The van der Waals surface area contributed by atoms with Crippen molar-refractivity contribution in [2.75, 3.05) is 0 Å². The number of nitriles is 1. The quantitative estimate of drug-likeness (QED) is 0.616. The average Bonchev–Trinajstić information content (AvgIpc) is 2.68. The van der Waals surface area contributed by atoms with Crippen LogP contribution in [0.3, 0.4) is 0 Å². The Bertz CT molecular complexity index is 198. The van der Waals surface area contributed by atoms with Gasteiger partial charge in [0.05, 0.1) is 6.07 Å². The van der Waals surface area contributed by atoms with E-state index >= 15 is 0 Å². The first-order chi connectivity index (χ1) is 5.16. The summed E-state index contributed by atoms with van der Waals surface area (Å²) >= 11 is 0. The van der Waals surface area contributed by atoms with Gasteiger partial charge < -0.3 is 0 Å². The molecule has 0 saturated heterocycles. The van der Waals surface area contributed by atoms with E-state index in [1.807, 2.05) is 13.8 Å². The zero-order chi connectivity index (χ0) is 8.43. The van der Waals surface area contributed by atoms with Gasteiger partial charge in [0, 0.05) is 5.92 Å². The molecule has 0 heterocycles. The highest BCUT2D eigenvalue weighted by molar-refractivity contribution is 5.87. The van der Waals surface area contributed by atoms with Crippen molar-refractivity contribution in [1.82, 2.24) is 0 Å². The van der Waals surface area contributed by atoms with Crippen LogP contribution in [-0.2, 0) is 4.79 Å². The molecule has 0 N–H and O–H groups in total. The average molecular weight is 151 g/mol. The minimum absolute atomic E-state index is 0.169. The number of hydrogen-bond acceptors (Lipinski definition) is 2. The maximum Gasteiger partial charge on any atom is 0.153 e. The van der Waals surface area contributed by atoms with E-state index in [4.69, 9.17) is 5.26 Å². The van der Waals surface area contributed by atoms with Crippen LogP contribution in [0.25, 0.3) is 0 Å². The smallest absolute Gasteiger partial charge is 0.153 e. The van der Waals surface area contributed by atoms with E-state index in [0.29, 0.717) is 0 Å². The van der Waals surface area contributed by atoms with E-state index in [2.05, 4.69) is 6.07 Å². The van der Waals surface area contributed by atoms with E-state index < -0.39 is 0 Å². The fourth-order valence-electron chi connectivity index (χ4n) is 1.16. The summed E-state index contributed by atoms with van der Waals surface area (Å²) in [6, 6.07) is 2.07. The fourth-order valence-corrected chi connectivity index (χ4v) is 1.16. The van der Waals surface area contributed by atoms with Crippen LogP contribution in [0.2, 0.25) is 0 Å². The number of Topliss-reactive ketones (excluding diaryl/α,β-unsaturated/α-hetero) is 1. The highest BCUT2D eigenvalue weighted by atomic mass is 16.1. The minimum atomic E-state index is -0.359. The van der Waals surface area contributed by atoms with E-state index in [0.717, 1.165) is 12.8 Å². The van der Waals surface area contributed by atoms with Crippen LogP contribution in [-0.4, -0.2) is 5.78 Å². The Hall–Kier alpha value is -0.840. The molecule has 1 unspecified atom stereocenters. The molecule has 1 aliphatic rings. The van der Waals surface area contributed by atoms with Crippen molar-refractivity contribution in [3.05, 3.63) is 0 Å². The van der Waals surface area contributed by atoms with E-state index in [-0.39, 0.29) is 23.5 Å². The van der Waals surface area contributed by atoms with Gasteiger partial charge in [0.25, 0.3) is 0 Å². The topological polar surface area (TPSA) is 40.9 Å². The van der Waals surface area contributed by atoms with Gasteiger partial charge in [-0.15, -0.1) is 0 Å². The van der Waals surface area contributed by atoms with Crippen LogP contribution in [0, 0.1) is 29.1 Å². The van der Waals surface area contributed by atoms with Gasteiger partial charge in [-0.25, -0.2) is 0 Å². The van der Waals surface area contributed by atoms with Gasteiger partial charge in [-0.1, -0.05) is 13.8 Å². The van der Waals surface area contributed by atoms with Crippen LogP contribution in [0.5, 0.6) is 0 Å². The second kappa shape index (κ2) is 3.04. The van der Waals surface area contributed by atoms with Gasteiger partial charge in [-0.3, -0.25) is 4.79 Å².